The second kappa shape index (κ2) is 8.11. The Morgan fingerprint density at radius 3 is 2.41 bits per heavy atom. The van der Waals surface area contributed by atoms with Gasteiger partial charge in [0.2, 0.25) is 5.91 Å². The molecule has 0 bridgehead atoms. The van der Waals surface area contributed by atoms with Crippen LogP contribution in [0.4, 0.5) is 17.6 Å². The monoisotopic (exact) mass is 404 g/mol. The Balaban J connectivity index is 1.75. The molecule has 0 radical (unpaired) electrons. The lowest BCUT2D eigenvalue weighted by Gasteiger charge is -2.14. The second-order valence-corrected chi connectivity index (χ2v) is 6.83. The summed E-state index contributed by atoms with van der Waals surface area (Å²) >= 11 is 0. The maximum atomic E-state index is 13.4. The number of aryl methyl sites for hydroxylation is 1. The van der Waals surface area contributed by atoms with Gasteiger partial charge in [-0.05, 0) is 60.9 Å². The Bertz CT molecular complexity index is 1020. The summed E-state index contributed by atoms with van der Waals surface area (Å²) in [6.07, 6.45) is -2.68. The van der Waals surface area contributed by atoms with Gasteiger partial charge in [0.25, 0.3) is 0 Å². The van der Waals surface area contributed by atoms with Crippen molar-refractivity contribution < 1.29 is 22.4 Å². The van der Waals surface area contributed by atoms with Gasteiger partial charge in [-0.2, -0.15) is 13.2 Å². The summed E-state index contributed by atoms with van der Waals surface area (Å²) < 4.78 is 54.6. The molecule has 152 valence electrons. The highest BCUT2D eigenvalue weighted by atomic mass is 19.4. The molecule has 1 heterocycles. The number of halogens is 4. The van der Waals surface area contributed by atoms with Crippen molar-refractivity contribution in [2.24, 2.45) is 0 Å². The first-order chi connectivity index (χ1) is 13.7. The summed E-state index contributed by atoms with van der Waals surface area (Å²) in [5, 5.41) is 2.48. The van der Waals surface area contributed by atoms with Gasteiger partial charge >= 0.3 is 6.18 Å². The molecule has 0 atom stereocenters. The number of alkyl halides is 3. The zero-order valence-corrected chi connectivity index (χ0v) is 16.0. The molecule has 0 fully saturated rings. The molecular weight excluding hydrogens is 384 g/mol. The standard InChI is InChI=1S/C22H20F4N2O/c1-14-13-28(18-6-4-3-5-7-18)15(2)19(14)11-21(29)27-12-16-10-17(23)8-9-20(16)22(24,25)26/h3-10,13H,11-12H2,1-2H3,(H,27,29). The Morgan fingerprint density at radius 1 is 1.07 bits per heavy atom. The van der Waals surface area contributed by atoms with E-state index in [1.54, 1.807) is 0 Å². The number of para-hydroxylation sites is 1. The number of carbonyl (C=O) groups is 1. The van der Waals surface area contributed by atoms with E-state index in [-0.39, 0.29) is 12.0 Å². The number of nitrogens with zero attached hydrogens (tertiary/aromatic N) is 1. The van der Waals surface area contributed by atoms with Crippen molar-refractivity contribution in [1.82, 2.24) is 9.88 Å². The Hall–Kier alpha value is -3.09. The van der Waals surface area contributed by atoms with Crippen LogP contribution in [-0.2, 0) is 23.9 Å². The van der Waals surface area contributed by atoms with Crippen LogP contribution in [0.25, 0.3) is 5.69 Å². The van der Waals surface area contributed by atoms with Crippen molar-refractivity contribution in [1.29, 1.82) is 0 Å². The SMILES string of the molecule is Cc1cn(-c2ccccc2)c(C)c1CC(=O)NCc1cc(F)ccc1C(F)(F)F. The second-order valence-electron chi connectivity index (χ2n) is 6.83. The minimum absolute atomic E-state index is 0.0220. The molecule has 2 aromatic carbocycles. The van der Waals surface area contributed by atoms with Gasteiger partial charge in [0.15, 0.2) is 0 Å². The average molecular weight is 404 g/mol. The van der Waals surface area contributed by atoms with E-state index in [1.807, 2.05) is 54.9 Å². The lowest BCUT2D eigenvalue weighted by atomic mass is 10.1. The molecule has 1 N–H and O–H groups in total. The van der Waals surface area contributed by atoms with Crippen LogP contribution in [0.3, 0.4) is 0 Å². The Labute approximate surface area is 166 Å². The fourth-order valence-electron chi connectivity index (χ4n) is 3.33. The highest BCUT2D eigenvalue weighted by Gasteiger charge is 2.33. The molecule has 1 amide bonds. The first kappa shape index (κ1) is 20.6. The molecule has 7 heteroatoms. The van der Waals surface area contributed by atoms with Gasteiger partial charge in [-0.1, -0.05) is 18.2 Å². The van der Waals surface area contributed by atoms with Gasteiger partial charge in [0.05, 0.1) is 12.0 Å². The summed E-state index contributed by atoms with van der Waals surface area (Å²) in [7, 11) is 0. The molecule has 0 saturated heterocycles. The van der Waals surface area contributed by atoms with Crippen molar-refractivity contribution in [2.75, 3.05) is 0 Å². The molecule has 1 aromatic heterocycles. The minimum Gasteiger partial charge on any atom is -0.352 e. The van der Waals surface area contributed by atoms with Crippen molar-refractivity contribution in [3.63, 3.8) is 0 Å². The van der Waals surface area contributed by atoms with Gasteiger partial charge in [-0.25, -0.2) is 4.39 Å². The summed E-state index contributed by atoms with van der Waals surface area (Å²) in [6.45, 7) is 3.36. The van der Waals surface area contributed by atoms with Crippen LogP contribution in [0.15, 0.2) is 54.7 Å². The smallest absolute Gasteiger partial charge is 0.352 e. The first-order valence-corrected chi connectivity index (χ1v) is 9.02. The van der Waals surface area contributed by atoms with Crippen LogP contribution in [-0.4, -0.2) is 10.5 Å². The third kappa shape index (κ3) is 4.67. The third-order valence-electron chi connectivity index (χ3n) is 4.82. The van der Waals surface area contributed by atoms with Gasteiger partial charge in [-0.3, -0.25) is 4.79 Å². The lowest BCUT2D eigenvalue weighted by Crippen LogP contribution is -2.26. The third-order valence-corrected chi connectivity index (χ3v) is 4.82. The van der Waals surface area contributed by atoms with Crippen LogP contribution in [0.2, 0.25) is 0 Å². The van der Waals surface area contributed by atoms with Crippen LogP contribution < -0.4 is 5.32 Å². The molecule has 29 heavy (non-hydrogen) atoms. The molecule has 3 rings (SSSR count). The predicted molar refractivity (Wildman–Crippen MR) is 102 cm³/mol. The van der Waals surface area contributed by atoms with Crippen LogP contribution >= 0.6 is 0 Å². The molecule has 0 spiro atoms. The summed E-state index contributed by atoms with van der Waals surface area (Å²) in [4.78, 5) is 12.4. The molecule has 3 nitrogen and oxygen atoms in total. The number of hydrogen-bond acceptors (Lipinski definition) is 1. The van der Waals surface area contributed by atoms with Crippen molar-refractivity contribution in [2.45, 2.75) is 33.0 Å². The summed E-state index contributed by atoms with van der Waals surface area (Å²) in [5.74, 6) is -1.21. The van der Waals surface area contributed by atoms with E-state index >= 15 is 0 Å². The normalized spacial score (nSPS) is 11.5. The zero-order valence-electron chi connectivity index (χ0n) is 16.0. The molecule has 0 unspecified atom stereocenters. The Kier molecular flexibility index (Phi) is 5.77. The van der Waals surface area contributed by atoms with Crippen LogP contribution in [0.5, 0.6) is 0 Å². The van der Waals surface area contributed by atoms with Gasteiger partial charge in [-0.15, -0.1) is 0 Å². The van der Waals surface area contributed by atoms with Gasteiger partial charge < -0.3 is 9.88 Å². The molecular formula is C22H20F4N2O. The quantitative estimate of drug-likeness (QED) is 0.589. The maximum absolute atomic E-state index is 13.4. The van der Waals surface area contributed by atoms with Crippen LogP contribution in [0.1, 0.15) is 27.9 Å². The first-order valence-electron chi connectivity index (χ1n) is 9.02. The molecule has 0 aliphatic carbocycles. The molecule has 3 aromatic rings. The molecule has 0 aliphatic heterocycles. The number of carbonyl (C=O) groups excluding carboxylic acids is 1. The number of rotatable bonds is 5. The lowest BCUT2D eigenvalue weighted by molar-refractivity contribution is -0.138. The number of aromatic nitrogens is 1. The highest BCUT2D eigenvalue weighted by Crippen LogP contribution is 2.32. The van der Waals surface area contributed by atoms with Crippen molar-refractivity contribution >= 4 is 5.91 Å². The fraction of sp³-hybridized carbons (Fsp3) is 0.227. The van der Waals surface area contributed by atoms with Crippen LogP contribution in [0, 0.1) is 19.7 Å². The van der Waals surface area contributed by atoms with Gasteiger partial charge in [0.1, 0.15) is 5.82 Å². The van der Waals surface area contributed by atoms with E-state index in [0.717, 1.165) is 34.6 Å². The van der Waals surface area contributed by atoms with E-state index in [9.17, 15) is 22.4 Å². The van der Waals surface area contributed by atoms with E-state index in [2.05, 4.69) is 5.32 Å². The van der Waals surface area contributed by atoms with E-state index < -0.39 is 30.0 Å². The maximum Gasteiger partial charge on any atom is 0.416 e. The Morgan fingerprint density at radius 2 is 1.76 bits per heavy atom. The predicted octanol–water partition coefficient (Wildman–Crippen LogP) is 5.11. The highest BCUT2D eigenvalue weighted by molar-refractivity contribution is 5.79. The summed E-state index contributed by atoms with van der Waals surface area (Å²) in [6, 6.07) is 11.9. The van der Waals surface area contributed by atoms with E-state index in [1.165, 1.54) is 0 Å². The number of benzene rings is 2. The number of hydrogen-bond donors (Lipinski definition) is 1. The number of nitrogens with one attached hydrogen (secondary N) is 1. The zero-order chi connectivity index (χ0) is 21.2. The van der Waals surface area contributed by atoms with E-state index in [4.69, 9.17) is 0 Å². The van der Waals surface area contributed by atoms with Crippen molar-refractivity contribution in [3.8, 4) is 5.69 Å². The summed E-state index contributed by atoms with van der Waals surface area (Å²) in [5.41, 5.74) is 2.28. The number of amides is 1. The van der Waals surface area contributed by atoms with Gasteiger partial charge in [0, 0.05) is 24.1 Å². The molecule has 0 saturated carbocycles. The largest absolute Gasteiger partial charge is 0.416 e. The van der Waals surface area contributed by atoms with Crippen molar-refractivity contribution in [3.05, 3.63) is 88.5 Å². The minimum atomic E-state index is -4.62. The van der Waals surface area contributed by atoms with E-state index in [0.29, 0.717) is 6.07 Å². The molecule has 0 aliphatic rings. The fourth-order valence-corrected chi connectivity index (χ4v) is 3.33. The average Bonchev–Trinajstić information content (AvgIpc) is 2.94. The topological polar surface area (TPSA) is 34.0 Å².